The summed E-state index contributed by atoms with van der Waals surface area (Å²) in [6, 6.07) is 2.60. The Morgan fingerprint density at radius 1 is 1.15 bits per heavy atom. The molecule has 1 aromatic carbocycles. The number of carboxylic acid groups (broad SMARTS) is 1. The van der Waals surface area contributed by atoms with Crippen molar-refractivity contribution in [2.24, 2.45) is 17.8 Å². The zero-order valence-corrected chi connectivity index (χ0v) is 27.9. The van der Waals surface area contributed by atoms with Gasteiger partial charge in [0.05, 0.1) is 31.5 Å². The molecule has 6 rings (SSSR count). The number of fused-ring (bicyclic) bond motifs is 2. The first-order chi connectivity index (χ1) is 22.9. The Balaban J connectivity index is 1.26. The molecule has 13 nitrogen and oxygen atoms in total. The fourth-order valence-electron chi connectivity index (χ4n) is 7.36. The number of carbonyl (C=O) groups is 4. The lowest BCUT2D eigenvalue weighted by atomic mass is 10.1. The lowest BCUT2D eigenvalue weighted by Crippen LogP contribution is -2.56. The quantitative estimate of drug-likeness (QED) is 0.242. The summed E-state index contributed by atoms with van der Waals surface area (Å²) in [6.45, 7) is 6.90. The number of aliphatic hydroxyl groups is 1. The summed E-state index contributed by atoms with van der Waals surface area (Å²) < 4.78 is 17.3. The standard InChI is InChI=1S/C34H41ClN4O9/c1-5-19-13-34(19,32(43)44)38-30(41)24-12-22(47-26-11-20(15-40)36-29-23(26)6-7-25(46-4)27(29)35)14-39(24)31(42)28(16(2)3)37-33(45)48-21-9-17-8-18(17)10-21/h6-7,11,17-19,21-22,24,28,40H,2,5,8-10,12-15H2,1,3-4H3,(H,37,45)(H,38,41)(H,43,44)/t17-,18+,19-,21+,22-,24+,28+,34-/m1/s1. The first-order valence-corrected chi connectivity index (χ1v) is 16.7. The van der Waals surface area contributed by atoms with E-state index < -0.39 is 54.2 Å². The van der Waals surface area contributed by atoms with Crippen molar-refractivity contribution in [3.05, 3.63) is 41.1 Å². The number of ether oxygens (including phenoxy) is 3. The fraction of sp³-hybridized carbons (Fsp3) is 0.559. The number of likely N-dealkylation sites (tertiary alicyclic amines) is 1. The van der Waals surface area contributed by atoms with E-state index in [0.717, 1.165) is 19.3 Å². The van der Waals surface area contributed by atoms with Gasteiger partial charge in [0, 0.05) is 17.9 Å². The second-order valence-corrected chi connectivity index (χ2v) is 13.9. The molecule has 0 unspecified atom stereocenters. The molecule has 0 radical (unpaired) electrons. The first-order valence-electron chi connectivity index (χ1n) is 16.3. The summed E-state index contributed by atoms with van der Waals surface area (Å²) >= 11 is 6.54. The minimum Gasteiger partial charge on any atom is -0.495 e. The van der Waals surface area contributed by atoms with Crippen LogP contribution in [-0.2, 0) is 25.7 Å². The van der Waals surface area contributed by atoms with Crippen LogP contribution in [0, 0.1) is 17.8 Å². The highest BCUT2D eigenvalue weighted by Gasteiger charge is 2.61. The number of nitrogens with zero attached hydrogens (tertiary/aromatic N) is 2. The van der Waals surface area contributed by atoms with Gasteiger partial charge in [-0.2, -0.15) is 0 Å². The maximum Gasteiger partial charge on any atom is 0.408 e. The molecule has 0 spiro atoms. The van der Waals surface area contributed by atoms with Crippen molar-refractivity contribution in [2.45, 2.75) is 88.8 Å². The topological polar surface area (TPSA) is 177 Å². The highest BCUT2D eigenvalue weighted by Crippen LogP contribution is 2.52. The molecule has 0 bridgehead atoms. The van der Waals surface area contributed by atoms with E-state index in [4.69, 9.17) is 25.8 Å². The zero-order valence-electron chi connectivity index (χ0n) is 27.2. The molecule has 2 aromatic rings. The number of rotatable bonds is 12. The first kappa shape index (κ1) is 33.8. The van der Waals surface area contributed by atoms with Gasteiger partial charge in [-0.15, -0.1) is 0 Å². The van der Waals surface area contributed by atoms with Crippen LogP contribution >= 0.6 is 11.6 Å². The van der Waals surface area contributed by atoms with E-state index in [2.05, 4.69) is 22.2 Å². The van der Waals surface area contributed by atoms with Crippen LogP contribution < -0.4 is 20.1 Å². The van der Waals surface area contributed by atoms with Crippen molar-refractivity contribution in [3.63, 3.8) is 0 Å². The van der Waals surface area contributed by atoms with Gasteiger partial charge in [-0.3, -0.25) is 9.59 Å². The molecule has 4 fully saturated rings. The second kappa shape index (κ2) is 13.1. The highest BCUT2D eigenvalue weighted by atomic mass is 35.5. The third-order valence-electron chi connectivity index (χ3n) is 10.2. The smallest absolute Gasteiger partial charge is 0.408 e. The SMILES string of the molecule is C=C(C)[C@H](NC(=O)O[C@@H]1C[C@@H]2C[C@@H]2C1)C(=O)N1C[C@H](Oc2cc(CO)nc3c(Cl)c(OC)ccc23)C[C@H]1C(=O)N[C@]1(C(=O)O)C[C@H]1CC. The number of pyridine rings is 1. The molecule has 3 saturated carbocycles. The molecular weight excluding hydrogens is 644 g/mol. The van der Waals surface area contributed by atoms with E-state index in [9.17, 15) is 29.4 Å². The number of benzene rings is 1. The number of halogens is 1. The van der Waals surface area contributed by atoms with Crippen LogP contribution in [0.5, 0.6) is 11.5 Å². The average Bonchev–Trinajstić information content (AvgIpc) is 3.87. The van der Waals surface area contributed by atoms with E-state index >= 15 is 0 Å². The maximum absolute atomic E-state index is 14.2. The summed E-state index contributed by atoms with van der Waals surface area (Å²) in [4.78, 5) is 58.9. The van der Waals surface area contributed by atoms with Gasteiger partial charge >= 0.3 is 12.1 Å². The van der Waals surface area contributed by atoms with Crippen molar-refractivity contribution < 1.29 is 43.6 Å². The summed E-state index contributed by atoms with van der Waals surface area (Å²) in [5.41, 5.74) is -0.462. The van der Waals surface area contributed by atoms with Crippen LogP contribution in [0.25, 0.3) is 10.9 Å². The monoisotopic (exact) mass is 684 g/mol. The molecule has 4 N–H and O–H groups in total. The summed E-state index contributed by atoms with van der Waals surface area (Å²) in [5.74, 6) is -0.716. The lowest BCUT2D eigenvalue weighted by Gasteiger charge is -2.29. The Labute approximate surface area is 282 Å². The number of carboxylic acids is 1. The Morgan fingerprint density at radius 2 is 1.88 bits per heavy atom. The van der Waals surface area contributed by atoms with Crippen molar-refractivity contribution in [2.75, 3.05) is 13.7 Å². The predicted molar refractivity (Wildman–Crippen MR) is 174 cm³/mol. The summed E-state index contributed by atoms with van der Waals surface area (Å²) in [6.07, 6.45) is 1.95. The Hall–Kier alpha value is -4.10. The highest BCUT2D eigenvalue weighted by molar-refractivity contribution is 6.36. The van der Waals surface area contributed by atoms with Crippen LogP contribution in [0.3, 0.4) is 0 Å². The van der Waals surface area contributed by atoms with Gasteiger partial charge in [0.2, 0.25) is 11.8 Å². The minimum absolute atomic E-state index is 0.0183. The molecule has 258 valence electrons. The second-order valence-electron chi connectivity index (χ2n) is 13.5. The largest absolute Gasteiger partial charge is 0.495 e. The Bertz CT molecular complexity index is 1660. The minimum atomic E-state index is -1.41. The molecule has 1 saturated heterocycles. The van der Waals surface area contributed by atoms with E-state index in [1.807, 2.05) is 6.92 Å². The predicted octanol–water partition coefficient (Wildman–Crippen LogP) is 3.58. The van der Waals surface area contributed by atoms with Gasteiger partial charge in [-0.1, -0.05) is 31.5 Å². The van der Waals surface area contributed by atoms with Gasteiger partial charge in [0.25, 0.3) is 0 Å². The molecule has 3 amide bonds. The van der Waals surface area contributed by atoms with Crippen LogP contribution in [-0.4, -0.2) is 87.5 Å². The van der Waals surface area contributed by atoms with Crippen LogP contribution in [0.15, 0.2) is 30.4 Å². The number of amides is 3. The normalized spacial score (nSPS) is 29.1. The van der Waals surface area contributed by atoms with E-state index in [0.29, 0.717) is 46.2 Å². The number of aliphatic hydroxyl groups excluding tert-OH is 1. The molecule has 14 heteroatoms. The van der Waals surface area contributed by atoms with Gasteiger partial charge in [0.1, 0.15) is 46.4 Å². The maximum atomic E-state index is 14.2. The summed E-state index contributed by atoms with van der Waals surface area (Å²) in [7, 11) is 1.47. The number of methoxy groups -OCH3 is 1. The molecule has 48 heavy (non-hydrogen) atoms. The van der Waals surface area contributed by atoms with Gasteiger partial charge < -0.3 is 40.0 Å². The molecule has 2 heterocycles. The molecular formula is C34H41ClN4O9. The van der Waals surface area contributed by atoms with Crippen molar-refractivity contribution in [1.82, 2.24) is 20.5 Å². The van der Waals surface area contributed by atoms with Gasteiger partial charge in [-0.05, 0) is 68.1 Å². The fourth-order valence-corrected chi connectivity index (χ4v) is 7.65. The van der Waals surface area contributed by atoms with Crippen molar-refractivity contribution in [1.29, 1.82) is 0 Å². The number of hydrogen-bond acceptors (Lipinski definition) is 9. The van der Waals surface area contributed by atoms with Crippen LogP contribution in [0.2, 0.25) is 5.02 Å². The zero-order chi connectivity index (χ0) is 34.5. The number of hydrogen-bond donors (Lipinski definition) is 4. The Morgan fingerprint density at radius 3 is 2.48 bits per heavy atom. The van der Waals surface area contributed by atoms with Crippen molar-refractivity contribution >= 4 is 46.4 Å². The summed E-state index contributed by atoms with van der Waals surface area (Å²) in [5, 5.41) is 26.0. The Kier molecular flexibility index (Phi) is 9.20. The molecule has 8 atom stereocenters. The van der Waals surface area contributed by atoms with Gasteiger partial charge in [-0.25, -0.2) is 14.6 Å². The van der Waals surface area contributed by atoms with Crippen molar-refractivity contribution in [3.8, 4) is 11.5 Å². The number of carbonyl (C=O) groups excluding carboxylic acids is 3. The molecule has 1 aromatic heterocycles. The number of aromatic nitrogens is 1. The third kappa shape index (κ3) is 6.37. The number of nitrogens with one attached hydrogen (secondary N) is 2. The van der Waals surface area contributed by atoms with E-state index in [-0.39, 0.29) is 42.1 Å². The lowest BCUT2D eigenvalue weighted by molar-refractivity contribution is -0.145. The van der Waals surface area contributed by atoms with Crippen LogP contribution in [0.4, 0.5) is 4.79 Å². The molecule has 4 aliphatic rings. The van der Waals surface area contributed by atoms with Gasteiger partial charge in [0.15, 0.2) is 0 Å². The van der Waals surface area contributed by atoms with E-state index in [1.165, 1.54) is 12.0 Å². The third-order valence-corrected chi connectivity index (χ3v) is 10.6. The average molecular weight is 685 g/mol. The number of aliphatic carboxylic acids is 1. The molecule has 3 aliphatic carbocycles. The van der Waals surface area contributed by atoms with E-state index in [1.54, 1.807) is 25.1 Å². The molecule has 1 aliphatic heterocycles. The van der Waals surface area contributed by atoms with Crippen LogP contribution in [0.1, 0.15) is 58.1 Å². The number of alkyl carbamates (subject to hydrolysis) is 1.